The van der Waals surface area contributed by atoms with Gasteiger partial charge in [0.2, 0.25) is 0 Å². The number of thiophene rings is 1. The van der Waals surface area contributed by atoms with Crippen molar-refractivity contribution < 1.29 is 0 Å². The Kier molecular flexibility index (Phi) is 2.56. The highest BCUT2D eigenvalue weighted by Gasteiger charge is 2.19. The zero-order valence-corrected chi connectivity index (χ0v) is 9.06. The summed E-state index contributed by atoms with van der Waals surface area (Å²) in [4.78, 5) is 1.42. The topological polar surface area (TPSA) is 12.0 Å². The highest BCUT2D eigenvalue weighted by Crippen LogP contribution is 2.37. The quantitative estimate of drug-likeness (QED) is 0.822. The maximum absolute atomic E-state index is 3.53. The van der Waals surface area contributed by atoms with Gasteiger partial charge in [-0.1, -0.05) is 0 Å². The first-order chi connectivity index (χ1) is 5.38. The van der Waals surface area contributed by atoms with Crippen molar-refractivity contribution in [1.29, 1.82) is 0 Å². The largest absolute Gasteiger partial charge is 0.300 e. The molecule has 1 unspecified atom stereocenters. The average Bonchev–Trinajstić information content (AvgIpc) is 2.55. The molecule has 1 N–H and O–H groups in total. The molecule has 1 atom stereocenters. The summed E-state index contributed by atoms with van der Waals surface area (Å²) in [5.41, 5.74) is 0. The molecule has 0 saturated carbocycles. The number of nitrogens with one attached hydrogen (secondary N) is 1. The first kappa shape index (κ1) is 8.10. The summed E-state index contributed by atoms with van der Waals surface area (Å²) in [6.45, 7) is 1.14. The Morgan fingerprint density at radius 1 is 1.64 bits per heavy atom. The van der Waals surface area contributed by atoms with Gasteiger partial charge in [-0.3, -0.25) is 0 Å². The summed E-state index contributed by atoms with van der Waals surface area (Å²) in [6, 6.07) is 2.11. The molecule has 0 aliphatic carbocycles. The molecule has 0 amide bonds. The van der Waals surface area contributed by atoms with Gasteiger partial charge in [-0.15, -0.1) is 23.1 Å². The Bertz CT molecular complexity index is 242. The molecule has 11 heavy (non-hydrogen) atoms. The van der Waals surface area contributed by atoms with Crippen LogP contribution in [0.3, 0.4) is 0 Å². The molecule has 1 saturated heterocycles. The SMILES string of the molecule is Brc1ccsc1C1NCCS1. The minimum Gasteiger partial charge on any atom is -0.300 e. The second-order valence-electron chi connectivity index (χ2n) is 2.34. The van der Waals surface area contributed by atoms with Gasteiger partial charge in [0.05, 0.1) is 5.37 Å². The van der Waals surface area contributed by atoms with Gasteiger partial charge in [0.1, 0.15) is 0 Å². The standard InChI is InChI=1S/C7H8BrNS2/c8-5-1-3-10-6(5)7-9-2-4-11-7/h1,3,7,9H,2,4H2. The maximum Gasteiger partial charge on any atom is 0.0894 e. The molecular formula is C7H8BrNS2. The lowest BCUT2D eigenvalue weighted by molar-refractivity contribution is 0.759. The molecule has 1 nitrogen and oxygen atoms in total. The van der Waals surface area contributed by atoms with Gasteiger partial charge < -0.3 is 5.32 Å². The van der Waals surface area contributed by atoms with Gasteiger partial charge in [-0.25, -0.2) is 0 Å². The van der Waals surface area contributed by atoms with Crippen LogP contribution in [0.2, 0.25) is 0 Å². The van der Waals surface area contributed by atoms with E-state index in [1.54, 1.807) is 0 Å². The Morgan fingerprint density at radius 2 is 2.55 bits per heavy atom. The van der Waals surface area contributed by atoms with E-state index in [0.717, 1.165) is 6.54 Å². The summed E-state index contributed by atoms with van der Waals surface area (Å²) in [7, 11) is 0. The predicted octanol–water partition coefficient (Wildman–Crippen LogP) is 2.85. The van der Waals surface area contributed by atoms with Crippen LogP contribution in [0, 0.1) is 0 Å². The van der Waals surface area contributed by atoms with E-state index in [4.69, 9.17) is 0 Å². The van der Waals surface area contributed by atoms with E-state index in [2.05, 4.69) is 32.7 Å². The molecule has 2 heterocycles. The monoisotopic (exact) mass is 249 g/mol. The van der Waals surface area contributed by atoms with Gasteiger partial charge in [-0.2, -0.15) is 0 Å². The van der Waals surface area contributed by atoms with Gasteiger partial charge >= 0.3 is 0 Å². The molecule has 4 heteroatoms. The van der Waals surface area contributed by atoms with Crippen molar-refractivity contribution in [3.63, 3.8) is 0 Å². The van der Waals surface area contributed by atoms with Gasteiger partial charge in [0.25, 0.3) is 0 Å². The fraction of sp³-hybridized carbons (Fsp3) is 0.429. The van der Waals surface area contributed by atoms with E-state index in [-0.39, 0.29) is 0 Å². The van der Waals surface area contributed by atoms with E-state index in [9.17, 15) is 0 Å². The third kappa shape index (κ3) is 1.64. The Morgan fingerprint density at radius 3 is 3.09 bits per heavy atom. The lowest BCUT2D eigenvalue weighted by atomic mass is 10.4. The molecule has 0 bridgehead atoms. The fourth-order valence-electron chi connectivity index (χ4n) is 1.09. The molecule has 1 aromatic rings. The van der Waals surface area contributed by atoms with Crippen molar-refractivity contribution >= 4 is 39.0 Å². The second-order valence-corrected chi connectivity index (χ2v) is 5.35. The fourth-order valence-corrected chi connectivity index (χ4v) is 4.15. The average molecular weight is 250 g/mol. The Hall–Kier alpha value is 0.490. The zero-order valence-electron chi connectivity index (χ0n) is 5.84. The van der Waals surface area contributed by atoms with Crippen LogP contribution < -0.4 is 5.32 Å². The van der Waals surface area contributed by atoms with Crippen LogP contribution in [0.4, 0.5) is 0 Å². The summed E-state index contributed by atoms with van der Waals surface area (Å²) < 4.78 is 1.24. The lowest BCUT2D eigenvalue weighted by Gasteiger charge is -2.06. The number of halogens is 1. The van der Waals surface area contributed by atoms with Crippen LogP contribution in [0.15, 0.2) is 15.9 Å². The van der Waals surface area contributed by atoms with Crippen LogP contribution in [0.25, 0.3) is 0 Å². The second kappa shape index (κ2) is 3.47. The number of hydrogen-bond donors (Lipinski definition) is 1. The third-order valence-corrected chi connectivity index (χ3v) is 4.86. The predicted molar refractivity (Wildman–Crippen MR) is 55.2 cm³/mol. The molecule has 2 rings (SSSR count). The van der Waals surface area contributed by atoms with Crippen molar-refractivity contribution in [2.45, 2.75) is 5.37 Å². The third-order valence-electron chi connectivity index (χ3n) is 1.60. The maximum atomic E-state index is 3.53. The smallest absolute Gasteiger partial charge is 0.0894 e. The molecule has 1 aliphatic rings. The summed E-state index contributed by atoms with van der Waals surface area (Å²) >= 11 is 7.33. The van der Waals surface area contributed by atoms with E-state index < -0.39 is 0 Å². The van der Waals surface area contributed by atoms with Gasteiger partial charge in [-0.05, 0) is 27.4 Å². The molecule has 1 aromatic heterocycles. The molecular weight excluding hydrogens is 242 g/mol. The highest BCUT2D eigenvalue weighted by atomic mass is 79.9. The van der Waals surface area contributed by atoms with Crippen molar-refractivity contribution in [2.75, 3.05) is 12.3 Å². The zero-order chi connectivity index (χ0) is 7.68. The number of hydrogen-bond acceptors (Lipinski definition) is 3. The molecule has 1 aliphatic heterocycles. The molecule has 1 fully saturated rings. The van der Waals surface area contributed by atoms with Gasteiger partial charge in [0, 0.05) is 21.6 Å². The van der Waals surface area contributed by atoms with Crippen LogP contribution in [0.5, 0.6) is 0 Å². The highest BCUT2D eigenvalue weighted by molar-refractivity contribution is 9.10. The normalized spacial score (nSPS) is 24.3. The van der Waals surface area contributed by atoms with Crippen molar-refractivity contribution in [2.24, 2.45) is 0 Å². The van der Waals surface area contributed by atoms with E-state index >= 15 is 0 Å². The van der Waals surface area contributed by atoms with Crippen LogP contribution in [-0.4, -0.2) is 12.3 Å². The summed E-state index contributed by atoms with van der Waals surface area (Å²) in [6.07, 6.45) is 0. The van der Waals surface area contributed by atoms with Crippen molar-refractivity contribution in [3.8, 4) is 0 Å². The molecule has 60 valence electrons. The lowest BCUT2D eigenvalue weighted by Crippen LogP contribution is -2.10. The Labute approximate surface area is 82.7 Å². The van der Waals surface area contributed by atoms with Crippen molar-refractivity contribution in [1.82, 2.24) is 5.32 Å². The number of rotatable bonds is 1. The van der Waals surface area contributed by atoms with Gasteiger partial charge in [0.15, 0.2) is 0 Å². The molecule has 0 spiro atoms. The van der Waals surface area contributed by atoms with Crippen LogP contribution in [-0.2, 0) is 0 Å². The van der Waals surface area contributed by atoms with Crippen LogP contribution >= 0.6 is 39.0 Å². The first-order valence-electron chi connectivity index (χ1n) is 3.46. The van der Waals surface area contributed by atoms with Crippen molar-refractivity contribution in [3.05, 3.63) is 20.8 Å². The van der Waals surface area contributed by atoms with E-state index in [1.165, 1.54) is 15.1 Å². The Balaban J connectivity index is 2.21. The van der Waals surface area contributed by atoms with E-state index in [0.29, 0.717) is 5.37 Å². The summed E-state index contributed by atoms with van der Waals surface area (Å²) in [5.74, 6) is 1.23. The van der Waals surface area contributed by atoms with Crippen LogP contribution in [0.1, 0.15) is 10.3 Å². The number of thioether (sulfide) groups is 1. The van der Waals surface area contributed by atoms with E-state index in [1.807, 2.05) is 23.1 Å². The minimum absolute atomic E-state index is 0.532. The minimum atomic E-state index is 0.532. The summed E-state index contributed by atoms with van der Waals surface area (Å²) in [5, 5.41) is 6.10. The first-order valence-corrected chi connectivity index (χ1v) is 6.18. The molecule has 0 aromatic carbocycles. The molecule has 0 radical (unpaired) electrons.